The van der Waals surface area contributed by atoms with Crippen LogP contribution in [0.1, 0.15) is 57.4 Å². The molecule has 0 bridgehead atoms. The first-order chi connectivity index (χ1) is 20.8. The van der Waals surface area contributed by atoms with E-state index in [4.69, 9.17) is 92.8 Å². The summed E-state index contributed by atoms with van der Waals surface area (Å²) in [5.41, 5.74) is -2.28. The lowest BCUT2D eigenvalue weighted by molar-refractivity contribution is 0.0910. The van der Waals surface area contributed by atoms with Crippen molar-refractivity contribution in [3.05, 3.63) is 122 Å². The molecule has 0 aliphatic carbocycles. The van der Waals surface area contributed by atoms with E-state index >= 15 is 0 Å². The van der Waals surface area contributed by atoms with Gasteiger partial charge in [-0.2, -0.15) is 0 Å². The van der Waals surface area contributed by atoms with Crippen molar-refractivity contribution in [2.24, 2.45) is 0 Å². The normalized spacial score (nSPS) is 14.1. The lowest BCUT2D eigenvalue weighted by Crippen LogP contribution is -2.33. The molecule has 0 aromatic heterocycles. The van der Waals surface area contributed by atoms with Gasteiger partial charge in [-0.15, -0.1) is 0 Å². The molecule has 6 rings (SSSR count). The van der Waals surface area contributed by atoms with Crippen molar-refractivity contribution in [2.45, 2.75) is 0 Å². The molecule has 0 saturated heterocycles. The molecular weight excluding hydrogens is 740 g/mol. The first-order valence-electron chi connectivity index (χ1n) is 12.0. The van der Waals surface area contributed by atoms with Crippen LogP contribution < -0.4 is 9.80 Å². The lowest BCUT2D eigenvalue weighted by atomic mass is 9.98. The second kappa shape index (κ2) is 11.2. The molecule has 2 aliphatic rings. The summed E-state index contributed by atoms with van der Waals surface area (Å²) < 4.78 is 0. The molecule has 0 fully saturated rings. The second-order valence-corrected chi connectivity index (χ2v) is 12.3. The number of benzene rings is 4. The molecule has 44 heavy (non-hydrogen) atoms. The van der Waals surface area contributed by atoms with Crippen molar-refractivity contribution in [3.8, 4) is 0 Å². The molecular formula is C29H8Cl8N2O5. The minimum Gasteiger partial charge on any atom is -0.288 e. The fourth-order valence-corrected chi connectivity index (χ4v) is 7.01. The lowest BCUT2D eigenvalue weighted by Gasteiger charge is -2.25. The fraction of sp³-hybridized carbons (Fsp3) is 0. The van der Waals surface area contributed by atoms with Crippen molar-refractivity contribution < 1.29 is 24.0 Å². The molecule has 0 N–H and O–H groups in total. The standard InChI is InChI=1S/C29H8Cl8N2O5/c30-15-13(23(21(36)19(34)17(15)32)38-26(41)9-5-1-2-6-10(9)27(38)42)25(40)14-16(31)18(33)20(35)22(37)24(14)39-28(43)11-7-3-4-8-12(11)29(39)44/h1-8H. The predicted molar refractivity (Wildman–Crippen MR) is 172 cm³/mol. The van der Waals surface area contributed by atoms with Crippen LogP contribution in [0.2, 0.25) is 40.2 Å². The van der Waals surface area contributed by atoms with Gasteiger partial charge in [0.15, 0.2) is 5.78 Å². The Balaban J connectivity index is 1.66. The fourth-order valence-electron chi connectivity index (χ4n) is 4.98. The molecule has 0 atom stereocenters. The smallest absolute Gasteiger partial charge is 0.266 e. The summed E-state index contributed by atoms with van der Waals surface area (Å²) in [5.74, 6) is -4.59. The number of halogens is 8. The molecule has 15 heteroatoms. The van der Waals surface area contributed by atoms with Crippen molar-refractivity contribution in [1.82, 2.24) is 0 Å². The van der Waals surface area contributed by atoms with Crippen molar-refractivity contribution in [1.29, 1.82) is 0 Å². The number of ketones is 1. The van der Waals surface area contributed by atoms with E-state index in [9.17, 15) is 24.0 Å². The van der Waals surface area contributed by atoms with E-state index in [0.29, 0.717) is 9.80 Å². The maximum atomic E-state index is 14.7. The number of carbonyl (C=O) groups excluding carboxylic acids is 5. The van der Waals surface area contributed by atoms with E-state index in [-0.39, 0.29) is 32.3 Å². The van der Waals surface area contributed by atoms with Gasteiger partial charge in [0, 0.05) is 0 Å². The summed E-state index contributed by atoms with van der Waals surface area (Å²) in [6, 6.07) is 11.8. The Morgan fingerprint density at radius 3 is 0.932 bits per heavy atom. The SMILES string of the molecule is O=C(c1c(Cl)c(Cl)c(Cl)c(Cl)c1N1C(=O)c2ccccc2C1=O)c1c(Cl)c(Cl)c(Cl)c(Cl)c1N1C(=O)c2ccccc2C1=O. The van der Waals surface area contributed by atoms with E-state index in [1.807, 2.05) is 0 Å². The molecule has 4 aromatic carbocycles. The Bertz CT molecular complexity index is 1860. The van der Waals surface area contributed by atoms with Gasteiger partial charge in [0.25, 0.3) is 23.6 Å². The van der Waals surface area contributed by atoms with E-state index in [2.05, 4.69) is 0 Å². The van der Waals surface area contributed by atoms with Gasteiger partial charge < -0.3 is 0 Å². The summed E-state index contributed by atoms with van der Waals surface area (Å²) in [6.45, 7) is 0. The van der Waals surface area contributed by atoms with Crippen LogP contribution in [0.15, 0.2) is 48.5 Å². The molecule has 7 nitrogen and oxygen atoms in total. The predicted octanol–water partition coefficient (Wildman–Crippen LogP) is 9.75. The average molecular weight is 748 g/mol. The number of nitrogens with zero attached hydrogens (tertiary/aromatic N) is 2. The Morgan fingerprint density at radius 1 is 0.409 bits per heavy atom. The molecule has 2 aliphatic heterocycles. The number of hydrogen-bond acceptors (Lipinski definition) is 5. The van der Waals surface area contributed by atoms with E-state index in [0.717, 1.165) is 0 Å². The maximum absolute atomic E-state index is 14.7. The third-order valence-corrected chi connectivity index (χ3v) is 10.6. The van der Waals surface area contributed by atoms with E-state index in [1.165, 1.54) is 48.5 Å². The Morgan fingerprint density at radius 2 is 0.659 bits per heavy atom. The monoisotopic (exact) mass is 744 g/mol. The zero-order valence-corrected chi connectivity index (χ0v) is 27.1. The number of amides is 4. The largest absolute Gasteiger partial charge is 0.288 e. The molecule has 0 radical (unpaired) electrons. The van der Waals surface area contributed by atoms with Crippen LogP contribution in [0.4, 0.5) is 11.4 Å². The Hall–Kier alpha value is -2.85. The molecule has 0 saturated carbocycles. The van der Waals surface area contributed by atoms with Crippen LogP contribution in [-0.2, 0) is 0 Å². The minimum absolute atomic E-state index is 0.0106. The molecule has 220 valence electrons. The number of rotatable bonds is 4. The van der Waals surface area contributed by atoms with Gasteiger partial charge in [-0.1, -0.05) is 117 Å². The van der Waals surface area contributed by atoms with Crippen molar-refractivity contribution >= 4 is 134 Å². The highest BCUT2D eigenvalue weighted by molar-refractivity contribution is 6.58. The Labute approximate surface area is 287 Å². The van der Waals surface area contributed by atoms with Crippen LogP contribution in [0, 0.1) is 0 Å². The number of hydrogen-bond donors (Lipinski definition) is 0. The van der Waals surface area contributed by atoms with E-state index in [1.54, 1.807) is 0 Å². The second-order valence-electron chi connectivity index (χ2n) is 9.27. The average Bonchev–Trinajstić information content (AvgIpc) is 3.42. The van der Waals surface area contributed by atoms with Gasteiger partial charge in [-0.3, -0.25) is 24.0 Å². The van der Waals surface area contributed by atoms with Gasteiger partial charge in [0.1, 0.15) is 0 Å². The topological polar surface area (TPSA) is 91.8 Å². The highest BCUT2D eigenvalue weighted by Crippen LogP contribution is 2.52. The van der Waals surface area contributed by atoms with Crippen LogP contribution in [-0.4, -0.2) is 29.4 Å². The van der Waals surface area contributed by atoms with Crippen LogP contribution in [0.25, 0.3) is 0 Å². The summed E-state index contributed by atoms with van der Waals surface area (Å²) in [7, 11) is 0. The van der Waals surface area contributed by atoms with Crippen molar-refractivity contribution in [3.63, 3.8) is 0 Å². The molecule has 4 amide bonds. The minimum atomic E-state index is -1.18. The van der Waals surface area contributed by atoms with Crippen LogP contribution in [0.5, 0.6) is 0 Å². The third-order valence-electron chi connectivity index (χ3n) is 6.97. The summed E-state index contributed by atoms with van der Waals surface area (Å²) in [4.78, 5) is 70.0. The Kier molecular flexibility index (Phi) is 7.92. The van der Waals surface area contributed by atoms with Crippen LogP contribution >= 0.6 is 92.8 Å². The number of carbonyl (C=O) groups is 5. The zero-order valence-electron chi connectivity index (χ0n) is 21.1. The summed E-state index contributed by atoms with van der Waals surface area (Å²) in [6.07, 6.45) is 0. The quantitative estimate of drug-likeness (QED) is 0.0898. The van der Waals surface area contributed by atoms with Gasteiger partial charge in [0.2, 0.25) is 0 Å². The molecule has 2 heterocycles. The van der Waals surface area contributed by atoms with Gasteiger partial charge in [-0.05, 0) is 24.3 Å². The highest BCUT2D eigenvalue weighted by Gasteiger charge is 2.45. The zero-order chi connectivity index (χ0) is 31.9. The summed E-state index contributed by atoms with van der Waals surface area (Å²) in [5, 5.41) is -3.61. The first kappa shape index (κ1) is 31.1. The molecule has 4 aromatic rings. The third kappa shape index (κ3) is 4.30. The number of fused-ring (bicyclic) bond motifs is 2. The number of imide groups is 2. The maximum Gasteiger partial charge on any atom is 0.266 e. The summed E-state index contributed by atoms with van der Waals surface area (Å²) >= 11 is 51.7. The first-order valence-corrected chi connectivity index (χ1v) is 15.1. The van der Waals surface area contributed by atoms with E-state index < -0.39 is 82.0 Å². The molecule has 0 spiro atoms. The van der Waals surface area contributed by atoms with Gasteiger partial charge >= 0.3 is 0 Å². The van der Waals surface area contributed by atoms with Crippen LogP contribution in [0.3, 0.4) is 0 Å². The van der Waals surface area contributed by atoms with Gasteiger partial charge in [-0.25, -0.2) is 9.80 Å². The number of anilines is 2. The van der Waals surface area contributed by atoms with Crippen molar-refractivity contribution in [2.75, 3.05) is 9.80 Å². The molecule has 0 unspecified atom stereocenters. The van der Waals surface area contributed by atoms with Gasteiger partial charge in [0.05, 0.1) is 84.9 Å². The highest BCUT2D eigenvalue weighted by atomic mass is 35.5.